The summed E-state index contributed by atoms with van der Waals surface area (Å²) in [6.45, 7) is 3.66. The summed E-state index contributed by atoms with van der Waals surface area (Å²) in [7, 11) is 0. The van der Waals surface area contributed by atoms with E-state index >= 15 is 4.39 Å². The van der Waals surface area contributed by atoms with Gasteiger partial charge >= 0.3 is 5.97 Å². The van der Waals surface area contributed by atoms with E-state index in [4.69, 9.17) is 4.74 Å². The number of fused-ring (bicyclic) bond motifs is 2. The van der Waals surface area contributed by atoms with Crippen molar-refractivity contribution in [1.82, 2.24) is 14.7 Å². The van der Waals surface area contributed by atoms with Gasteiger partial charge in [-0.2, -0.15) is 5.10 Å². The number of aromatic nitrogens is 2. The van der Waals surface area contributed by atoms with Gasteiger partial charge in [-0.3, -0.25) is 14.4 Å². The zero-order valence-corrected chi connectivity index (χ0v) is 19.9. The van der Waals surface area contributed by atoms with Gasteiger partial charge in [0.25, 0.3) is 5.91 Å². The Morgan fingerprint density at radius 2 is 1.83 bits per heavy atom. The molecule has 2 aliphatic heterocycles. The molecule has 0 spiro atoms. The fourth-order valence-electron chi connectivity index (χ4n) is 5.23. The molecule has 3 aromatic rings. The molecule has 5 rings (SSSR count). The maximum Gasteiger partial charge on any atom is 0.313 e. The Balaban J connectivity index is 1.78. The summed E-state index contributed by atoms with van der Waals surface area (Å²) in [5, 5.41) is 4.30. The number of nitrogens with zero attached hydrogens (tertiary/aromatic N) is 3. The number of ether oxygens (including phenoxy) is 1. The number of hydrogen-bond acceptors (Lipinski definition) is 5. The highest BCUT2D eigenvalue weighted by Gasteiger charge is 2.49. The lowest BCUT2D eigenvalue weighted by molar-refractivity contribution is -0.137. The molecule has 7 nitrogen and oxygen atoms in total. The second-order valence-corrected chi connectivity index (χ2v) is 9.44. The quantitative estimate of drug-likeness (QED) is 0.501. The van der Waals surface area contributed by atoms with Crippen molar-refractivity contribution in [3.63, 3.8) is 0 Å². The lowest BCUT2D eigenvalue weighted by atomic mass is 9.79. The van der Waals surface area contributed by atoms with Crippen molar-refractivity contribution >= 4 is 11.9 Å². The van der Waals surface area contributed by atoms with E-state index in [1.54, 1.807) is 30.9 Å². The SMILES string of the molecule is CC(C)C(=O)Oc1c2n(ncc1=O)[C@@H](C(c1ccccc1)c1cccc(F)c1F)[C@H]1CCCN1C2=O. The molecule has 3 heterocycles. The van der Waals surface area contributed by atoms with Gasteiger partial charge in [-0.25, -0.2) is 13.5 Å². The Morgan fingerprint density at radius 3 is 2.56 bits per heavy atom. The number of amides is 1. The number of halogens is 2. The molecule has 9 heteroatoms. The van der Waals surface area contributed by atoms with Gasteiger partial charge in [0.15, 0.2) is 17.3 Å². The summed E-state index contributed by atoms with van der Waals surface area (Å²) < 4.78 is 36.5. The van der Waals surface area contributed by atoms with Crippen LogP contribution >= 0.6 is 0 Å². The van der Waals surface area contributed by atoms with Crippen LogP contribution in [0.1, 0.15) is 60.3 Å². The third-order valence-electron chi connectivity index (χ3n) is 6.90. The van der Waals surface area contributed by atoms with Gasteiger partial charge in [0.2, 0.25) is 11.2 Å². The number of rotatable bonds is 5. The maximum absolute atomic E-state index is 15.3. The highest BCUT2D eigenvalue weighted by atomic mass is 19.2. The smallest absolute Gasteiger partial charge is 0.313 e. The maximum atomic E-state index is 15.3. The van der Waals surface area contributed by atoms with Gasteiger partial charge < -0.3 is 9.64 Å². The lowest BCUT2D eigenvalue weighted by Crippen LogP contribution is -2.51. The standard InChI is InChI=1S/C27H25F2N3O4/c1-15(2)27(35)36-25-20(33)14-30-32-23(19-12-7-13-31(19)26(34)24(25)32)21(16-8-4-3-5-9-16)17-10-6-11-18(28)22(17)29/h3-6,8-11,14-15,19,21,23H,7,12-13H2,1-2H3/t19-,21?,23-/m1/s1. The number of carbonyl (C=O) groups is 2. The Bertz CT molecular complexity index is 1390. The first kappa shape index (κ1) is 23.8. The molecule has 36 heavy (non-hydrogen) atoms. The molecule has 0 bridgehead atoms. The molecular formula is C27H25F2N3O4. The van der Waals surface area contributed by atoms with Crippen molar-refractivity contribution in [2.75, 3.05) is 6.54 Å². The van der Waals surface area contributed by atoms with E-state index < -0.39 is 52.6 Å². The van der Waals surface area contributed by atoms with Gasteiger partial charge in [0.05, 0.1) is 24.2 Å². The van der Waals surface area contributed by atoms with Crippen LogP contribution in [0.15, 0.2) is 59.5 Å². The van der Waals surface area contributed by atoms with Gasteiger partial charge in [-0.15, -0.1) is 0 Å². The Hall–Kier alpha value is -3.88. The van der Waals surface area contributed by atoms with Crippen molar-refractivity contribution in [1.29, 1.82) is 0 Å². The van der Waals surface area contributed by atoms with Crippen molar-refractivity contribution < 1.29 is 23.1 Å². The minimum Gasteiger partial charge on any atom is -0.420 e. The van der Waals surface area contributed by atoms with Crippen LogP contribution in [0.25, 0.3) is 0 Å². The van der Waals surface area contributed by atoms with E-state index in [9.17, 15) is 18.8 Å². The van der Waals surface area contributed by atoms with Crippen molar-refractivity contribution in [2.24, 2.45) is 5.92 Å². The Labute approximate surface area is 206 Å². The van der Waals surface area contributed by atoms with Crippen molar-refractivity contribution in [2.45, 2.75) is 44.7 Å². The molecule has 0 radical (unpaired) electrons. The summed E-state index contributed by atoms with van der Waals surface area (Å²) in [4.78, 5) is 40.4. The van der Waals surface area contributed by atoms with Gasteiger partial charge in [-0.05, 0) is 24.5 Å². The molecule has 0 saturated carbocycles. The predicted molar refractivity (Wildman–Crippen MR) is 127 cm³/mol. The molecule has 1 amide bonds. The van der Waals surface area contributed by atoms with Crippen LogP contribution in [-0.4, -0.2) is 39.1 Å². The third-order valence-corrected chi connectivity index (χ3v) is 6.90. The number of carbonyl (C=O) groups excluding carboxylic acids is 2. The number of hydrogen-bond donors (Lipinski definition) is 0. The highest BCUT2D eigenvalue weighted by Crippen LogP contribution is 2.46. The summed E-state index contributed by atoms with van der Waals surface area (Å²) in [5.74, 6) is -4.78. The number of benzene rings is 2. The normalized spacial score (nSPS) is 19.7. The topological polar surface area (TPSA) is 81.5 Å². The molecule has 3 atom stereocenters. The predicted octanol–water partition coefficient (Wildman–Crippen LogP) is 4.07. The Morgan fingerprint density at radius 1 is 1.08 bits per heavy atom. The second kappa shape index (κ2) is 9.29. The molecule has 0 aliphatic carbocycles. The first-order valence-corrected chi connectivity index (χ1v) is 11.9. The Kier molecular flexibility index (Phi) is 6.15. The van der Waals surface area contributed by atoms with Crippen LogP contribution in [-0.2, 0) is 4.79 Å². The second-order valence-electron chi connectivity index (χ2n) is 9.44. The molecule has 2 aliphatic rings. The zero-order valence-electron chi connectivity index (χ0n) is 19.9. The third kappa shape index (κ3) is 3.88. The molecular weight excluding hydrogens is 468 g/mol. The minimum absolute atomic E-state index is 0.111. The lowest BCUT2D eigenvalue weighted by Gasteiger charge is -2.42. The average molecular weight is 494 g/mol. The van der Waals surface area contributed by atoms with Gasteiger partial charge in [0.1, 0.15) is 0 Å². The molecule has 1 saturated heterocycles. The molecule has 0 N–H and O–H groups in total. The minimum atomic E-state index is -0.984. The first-order chi connectivity index (χ1) is 17.3. The summed E-state index contributed by atoms with van der Waals surface area (Å²) in [6, 6.07) is 12.0. The van der Waals surface area contributed by atoms with Crippen molar-refractivity contribution in [3.8, 4) is 5.75 Å². The fraction of sp³-hybridized carbons (Fsp3) is 0.333. The fourth-order valence-corrected chi connectivity index (χ4v) is 5.23. The van der Waals surface area contributed by atoms with Crippen LogP contribution in [0.2, 0.25) is 0 Å². The van der Waals surface area contributed by atoms with Crippen LogP contribution < -0.4 is 10.2 Å². The average Bonchev–Trinajstić information content (AvgIpc) is 3.36. The van der Waals surface area contributed by atoms with E-state index in [1.165, 1.54) is 16.8 Å². The molecule has 1 aromatic heterocycles. The van der Waals surface area contributed by atoms with Crippen LogP contribution in [0.4, 0.5) is 8.78 Å². The molecule has 1 fully saturated rings. The summed E-state index contributed by atoms with van der Waals surface area (Å²) in [6.07, 6.45) is 2.31. The van der Waals surface area contributed by atoms with E-state index in [0.717, 1.165) is 12.3 Å². The van der Waals surface area contributed by atoms with Crippen LogP contribution in [0.5, 0.6) is 5.75 Å². The van der Waals surface area contributed by atoms with Crippen LogP contribution in [0, 0.1) is 17.6 Å². The van der Waals surface area contributed by atoms with Gasteiger partial charge in [-0.1, -0.05) is 56.3 Å². The van der Waals surface area contributed by atoms with E-state index in [0.29, 0.717) is 24.9 Å². The zero-order chi connectivity index (χ0) is 25.6. The van der Waals surface area contributed by atoms with E-state index in [-0.39, 0.29) is 17.3 Å². The first-order valence-electron chi connectivity index (χ1n) is 11.9. The molecule has 1 unspecified atom stereocenters. The summed E-state index contributed by atoms with van der Waals surface area (Å²) >= 11 is 0. The number of esters is 1. The highest BCUT2D eigenvalue weighted by molar-refractivity contribution is 5.97. The largest absolute Gasteiger partial charge is 0.420 e. The molecule has 186 valence electrons. The van der Waals surface area contributed by atoms with Gasteiger partial charge in [0, 0.05) is 18.0 Å². The van der Waals surface area contributed by atoms with Crippen LogP contribution in [0.3, 0.4) is 0 Å². The monoisotopic (exact) mass is 493 g/mol. The summed E-state index contributed by atoms with van der Waals surface area (Å²) in [5.41, 5.74) is -0.0504. The van der Waals surface area contributed by atoms with E-state index in [2.05, 4.69) is 5.10 Å². The van der Waals surface area contributed by atoms with Crippen molar-refractivity contribution in [3.05, 3.63) is 93.4 Å². The van der Waals surface area contributed by atoms with E-state index in [1.807, 2.05) is 18.2 Å². The molecule has 2 aromatic carbocycles.